The van der Waals surface area contributed by atoms with Gasteiger partial charge in [-0.05, 0) is 46.1 Å². The van der Waals surface area contributed by atoms with Gasteiger partial charge in [0.25, 0.3) is 0 Å². The molecule has 1 heterocycles. The van der Waals surface area contributed by atoms with Crippen LogP contribution in [0.15, 0.2) is 34.9 Å². The molecule has 2 N–H and O–H groups in total. The number of pyridine rings is 1. The molecule has 0 saturated carbocycles. The van der Waals surface area contributed by atoms with Crippen LogP contribution in [0.1, 0.15) is 12.5 Å². The van der Waals surface area contributed by atoms with Gasteiger partial charge in [-0.15, -0.1) is 0 Å². The van der Waals surface area contributed by atoms with Crippen LogP contribution in [0.3, 0.4) is 0 Å². The van der Waals surface area contributed by atoms with E-state index in [1.54, 1.807) is 12.3 Å². The van der Waals surface area contributed by atoms with Gasteiger partial charge >= 0.3 is 0 Å². The molecule has 0 aliphatic rings. The molecule has 1 aromatic carbocycles. The zero-order valence-electron chi connectivity index (χ0n) is 9.37. The third-order valence-corrected chi connectivity index (χ3v) is 3.24. The Kier molecular flexibility index (Phi) is 3.43. The summed E-state index contributed by atoms with van der Waals surface area (Å²) in [5, 5.41) is 0. The van der Waals surface area contributed by atoms with Gasteiger partial charge in [0, 0.05) is 11.8 Å². The fourth-order valence-electron chi connectivity index (χ4n) is 1.81. The summed E-state index contributed by atoms with van der Waals surface area (Å²) in [6, 6.07) is 7.36. The summed E-state index contributed by atoms with van der Waals surface area (Å²) in [5.41, 5.74) is 8.47. The van der Waals surface area contributed by atoms with Crippen LogP contribution in [-0.4, -0.2) is 4.98 Å². The highest BCUT2D eigenvalue weighted by Gasteiger charge is 2.15. The van der Waals surface area contributed by atoms with Crippen LogP contribution >= 0.6 is 15.9 Å². The molecule has 0 amide bonds. The van der Waals surface area contributed by atoms with E-state index in [0.29, 0.717) is 10.9 Å². The van der Waals surface area contributed by atoms with Crippen LogP contribution in [0.4, 0.5) is 10.1 Å². The maximum atomic E-state index is 13.7. The van der Waals surface area contributed by atoms with Crippen molar-refractivity contribution >= 4 is 21.6 Å². The number of halogens is 2. The monoisotopic (exact) mass is 294 g/mol. The molecule has 0 unspecified atom stereocenters. The fraction of sp³-hybridized carbons (Fsp3) is 0.154. The largest absolute Gasteiger partial charge is 0.396 e. The molecule has 0 spiro atoms. The maximum absolute atomic E-state index is 13.7. The predicted octanol–water partition coefficient (Wildman–Crippen LogP) is 3.79. The van der Waals surface area contributed by atoms with Crippen molar-refractivity contribution in [1.29, 1.82) is 0 Å². The van der Waals surface area contributed by atoms with Crippen molar-refractivity contribution < 1.29 is 4.39 Å². The average Bonchev–Trinajstić information content (AvgIpc) is 2.36. The molecule has 2 aromatic rings. The van der Waals surface area contributed by atoms with Crippen LogP contribution in [0, 0.1) is 5.82 Å². The van der Waals surface area contributed by atoms with Crippen molar-refractivity contribution in [3.05, 3.63) is 46.3 Å². The van der Waals surface area contributed by atoms with Gasteiger partial charge in [0.05, 0.1) is 15.9 Å². The van der Waals surface area contributed by atoms with Crippen molar-refractivity contribution in [1.82, 2.24) is 4.98 Å². The molecule has 88 valence electrons. The highest BCUT2D eigenvalue weighted by molar-refractivity contribution is 9.10. The van der Waals surface area contributed by atoms with Crippen molar-refractivity contribution in [2.45, 2.75) is 13.3 Å². The molecular weight excluding hydrogens is 283 g/mol. The number of nitrogen functional groups attached to an aromatic ring is 1. The molecule has 0 fully saturated rings. The standard InChI is InChI=1S/C13H12BrFN2/c1-2-8-9(11-5-3-4-6-17-11)7-10(14)12(15)13(8)16/h3-7H,2,16H2,1H3. The van der Waals surface area contributed by atoms with E-state index in [-0.39, 0.29) is 5.69 Å². The van der Waals surface area contributed by atoms with E-state index in [0.717, 1.165) is 16.8 Å². The molecule has 0 radical (unpaired) electrons. The van der Waals surface area contributed by atoms with Crippen LogP contribution in [0.5, 0.6) is 0 Å². The second kappa shape index (κ2) is 4.84. The van der Waals surface area contributed by atoms with Gasteiger partial charge in [0.1, 0.15) is 0 Å². The third kappa shape index (κ3) is 2.17. The number of hydrogen-bond acceptors (Lipinski definition) is 2. The minimum atomic E-state index is -0.401. The number of nitrogens with two attached hydrogens (primary N) is 1. The zero-order chi connectivity index (χ0) is 12.4. The van der Waals surface area contributed by atoms with Crippen molar-refractivity contribution in [2.24, 2.45) is 0 Å². The summed E-state index contributed by atoms with van der Waals surface area (Å²) in [6.45, 7) is 1.95. The smallest absolute Gasteiger partial charge is 0.160 e. The number of benzene rings is 1. The van der Waals surface area contributed by atoms with Crippen LogP contribution < -0.4 is 5.73 Å². The second-order valence-electron chi connectivity index (χ2n) is 3.68. The number of aromatic nitrogens is 1. The molecule has 1 aromatic heterocycles. The topological polar surface area (TPSA) is 38.9 Å². The Labute approximate surface area is 108 Å². The summed E-state index contributed by atoms with van der Waals surface area (Å²) < 4.78 is 14.1. The second-order valence-corrected chi connectivity index (χ2v) is 4.54. The Hall–Kier alpha value is -1.42. The van der Waals surface area contributed by atoms with Gasteiger partial charge < -0.3 is 5.73 Å². The molecule has 4 heteroatoms. The van der Waals surface area contributed by atoms with E-state index in [1.807, 2.05) is 25.1 Å². The normalized spacial score (nSPS) is 10.5. The Morgan fingerprint density at radius 1 is 1.41 bits per heavy atom. The van der Waals surface area contributed by atoms with Gasteiger partial charge in [0.15, 0.2) is 5.82 Å². The highest BCUT2D eigenvalue weighted by atomic mass is 79.9. The van der Waals surface area contributed by atoms with Crippen molar-refractivity contribution in [3.8, 4) is 11.3 Å². The molecule has 2 nitrogen and oxygen atoms in total. The van der Waals surface area contributed by atoms with E-state index in [9.17, 15) is 4.39 Å². The van der Waals surface area contributed by atoms with E-state index in [4.69, 9.17) is 5.73 Å². The van der Waals surface area contributed by atoms with Crippen LogP contribution in [0.25, 0.3) is 11.3 Å². The number of anilines is 1. The van der Waals surface area contributed by atoms with Crippen LogP contribution in [0.2, 0.25) is 0 Å². The molecule has 0 aliphatic heterocycles. The minimum Gasteiger partial charge on any atom is -0.396 e. The first-order valence-corrected chi connectivity index (χ1v) is 6.12. The number of nitrogens with zero attached hydrogens (tertiary/aromatic N) is 1. The zero-order valence-corrected chi connectivity index (χ0v) is 11.0. The minimum absolute atomic E-state index is 0.197. The molecule has 0 aliphatic carbocycles. The molecule has 0 atom stereocenters. The van der Waals surface area contributed by atoms with E-state index >= 15 is 0 Å². The van der Waals surface area contributed by atoms with Gasteiger partial charge in [-0.25, -0.2) is 4.39 Å². The van der Waals surface area contributed by atoms with Gasteiger partial charge in [0.2, 0.25) is 0 Å². The SMILES string of the molecule is CCc1c(-c2ccccn2)cc(Br)c(F)c1N. The third-order valence-electron chi connectivity index (χ3n) is 2.66. The number of hydrogen-bond donors (Lipinski definition) is 1. The lowest BCUT2D eigenvalue weighted by atomic mass is 9.99. The first-order chi connectivity index (χ1) is 8.15. The summed E-state index contributed by atoms with van der Waals surface area (Å²) in [7, 11) is 0. The molecule has 0 saturated heterocycles. The van der Waals surface area contributed by atoms with Gasteiger partial charge in [-0.2, -0.15) is 0 Å². The van der Waals surface area contributed by atoms with Gasteiger partial charge in [-0.1, -0.05) is 13.0 Å². The number of rotatable bonds is 2. The Balaban J connectivity index is 2.70. The lowest BCUT2D eigenvalue weighted by molar-refractivity contribution is 0.624. The molecule has 17 heavy (non-hydrogen) atoms. The summed E-state index contributed by atoms with van der Waals surface area (Å²) in [4.78, 5) is 4.27. The Morgan fingerprint density at radius 2 is 2.18 bits per heavy atom. The molecule has 2 rings (SSSR count). The highest BCUT2D eigenvalue weighted by Crippen LogP contribution is 2.33. The molecular formula is C13H12BrFN2. The quantitative estimate of drug-likeness (QED) is 0.856. The summed E-state index contributed by atoms with van der Waals surface area (Å²) in [5.74, 6) is -0.401. The first-order valence-electron chi connectivity index (χ1n) is 5.33. The average molecular weight is 295 g/mol. The molecule has 0 bridgehead atoms. The summed E-state index contributed by atoms with van der Waals surface area (Å²) in [6.07, 6.45) is 2.38. The lowest BCUT2D eigenvalue weighted by Gasteiger charge is -2.12. The van der Waals surface area contributed by atoms with Crippen molar-refractivity contribution in [3.63, 3.8) is 0 Å². The maximum Gasteiger partial charge on any atom is 0.160 e. The van der Waals surface area contributed by atoms with E-state index in [2.05, 4.69) is 20.9 Å². The first kappa shape index (κ1) is 12.0. The lowest BCUT2D eigenvalue weighted by Crippen LogP contribution is -2.01. The summed E-state index contributed by atoms with van der Waals surface area (Å²) >= 11 is 3.17. The van der Waals surface area contributed by atoms with Crippen molar-refractivity contribution in [2.75, 3.05) is 5.73 Å². The predicted molar refractivity (Wildman–Crippen MR) is 71.1 cm³/mol. The Morgan fingerprint density at radius 3 is 2.76 bits per heavy atom. The Bertz CT molecular complexity index is 541. The van der Waals surface area contributed by atoms with E-state index in [1.165, 1.54) is 0 Å². The van der Waals surface area contributed by atoms with Crippen LogP contribution in [-0.2, 0) is 6.42 Å². The van der Waals surface area contributed by atoms with E-state index < -0.39 is 5.82 Å². The van der Waals surface area contributed by atoms with Gasteiger partial charge in [-0.3, -0.25) is 4.98 Å². The fourth-order valence-corrected chi connectivity index (χ4v) is 2.26.